The highest BCUT2D eigenvalue weighted by Crippen LogP contribution is 2.09. The van der Waals surface area contributed by atoms with Crippen LogP contribution in [0.1, 0.15) is 30.6 Å². The van der Waals surface area contributed by atoms with Crippen LogP contribution in [0.4, 0.5) is 4.39 Å². The molecule has 104 valence electrons. The van der Waals surface area contributed by atoms with Gasteiger partial charge in [0.25, 0.3) is 5.91 Å². The number of rotatable bonds is 5. The first kappa shape index (κ1) is 15.1. The van der Waals surface area contributed by atoms with Crippen LogP contribution in [0.15, 0.2) is 18.5 Å². The SMILES string of the molecule is COC(=O)C(CC(C)C)NC(=O)c1ccncc1F. The molecule has 0 aliphatic carbocycles. The van der Waals surface area contributed by atoms with E-state index >= 15 is 0 Å². The van der Waals surface area contributed by atoms with Crippen LogP contribution in [0.25, 0.3) is 0 Å². The number of hydrogen-bond acceptors (Lipinski definition) is 4. The van der Waals surface area contributed by atoms with Crippen molar-refractivity contribution in [2.24, 2.45) is 5.92 Å². The van der Waals surface area contributed by atoms with Gasteiger partial charge in [0, 0.05) is 6.20 Å². The molecular formula is C13H17FN2O3. The zero-order valence-electron chi connectivity index (χ0n) is 11.1. The van der Waals surface area contributed by atoms with Gasteiger partial charge in [0.1, 0.15) is 6.04 Å². The van der Waals surface area contributed by atoms with Crippen LogP contribution in [-0.2, 0) is 9.53 Å². The number of ether oxygens (including phenoxy) is 1. The van der Waals surface area contributed by atoms with E-state index in [0.29, 0.717) is 6.42 Å². The van der Waals surface area contributed by atoms with Crippen molar-refractivity contribution in [2.75, 3.05) is 7.11 Å². The molecule has 6 heteroatoms. The molecule has 1 atom stereocenters. The molecule has 0 bridgehead atoms. The van der Waals surface area contributed by atoms with Crippen molar-refractivity contribution in [3.8, 4) is 0 Å². The topological polar surface area (TPSA) is 68.3 Å². The number of aromatic nitrogens is 1. The Morgan fingerprint density at radius 1 is 1.47 bits per heavy atom. The van der Waals surface area contributed by atoms with Gasteiger partial charge < -0.3 is 10.1 Å². The Bertz CT molecular complexity index is 463. The summed E-state index contributed by atoms with van der Waals surface area (Å²) < 4.78 is 18.0. The summed E-state index contributed by atoms with van der Waals surface area (Å²) in [5.41, 5.74) is -0.146. The van der Waals surface area contributed by atoms with Gasteiger partial charge in [-0.2, -0.15) is 0 Å². The summed E-state index contributed by atoms with van der Waals surface area (Å²) in [7, 11) is 1.24. The van der Waals surface area contributed by atoms with Crippen LogP contribution < -0.4 is 5.32 Å². The summed E-state index contributed by atoms with van der Waals surface area (Å²) in [5, 5.41) is 2.47. The summed E-state index contributed by atoms with van der Waals surface area (Å²) in [4.78, 5) is 27.0. The van der Waals surface area contributed by atoms with Gasteiger partial charge in [-0.05, 0) is 18.4 Å². The molecule has 0 spiro atoms. The first-order chi connectivity index (χ1) is 8.95. The maximum atomic E-state index is 13.4. The van der Waals surface area contributed by atoms with E-state index in [4.69, 9.17) is 0 Å². The molecule has 0 fully saturated rings. The van der Waals surface area contributed by atoms with Gasteiger partial charge >= 0.3 is 5.97 Å². The minimum Gasteiger partial charge on any atom is -0.467 e. The Morgan fingerprint density at radius 3 is 2.68 bits per heavy atom. The highest BCUT2D eigenvalue weighted by molar-refractivity contribution is 5.96. The second kappa shape index (κ2) is 6.82. The van der Waals surface area contributed by atoms with Crippen LogP contribution in [0, 0.1) is 11.7 Å². The van der Waals surface area contributed by atoms with E-state index < -0.39 is 23.7 Å². The maximum Gasteiger partial charge on any atom is 0.328 e. The lowest BCUT2D eigenvalue weighted by atomic mass is 10.0. The van der Waals surface area contributed by atoms with E-state index in [9.17, 15) is 14.0 Å². The van der Waals surface area contributed by atoms with Gasteiger partial charge in [0.05, 0.1) is 18.9 Å². The van der Waals surface area contributed by atoms with Crippen molar-refractivity contribution in [3.05, 3.63) is 29.8 Å². The molecule has 19 heavy (non-hydrogen) atoms. The van der Waals surface area contributed by atoms with Gasteiger partial charge in [0.2, 0.25) is 0 Å². The van der Waals surface area contributed by atoms with Crippen molar-refractivity contribution in [2.45, 2.75) is 26.3 Å². The van der Waals surface area contributed by atoms with Crippen molar-refractivity contribution in [1.29, 1.82) is 0 Å². The van der Waals surface area contributed by atoms with Crippen molar-refractivity contribution in [1.82, 2.24) is 10.3 Å². The Kier molecular flexibility index (Phi) is 5.41. The third-order valence-electron chi connectivity index (χ3n) is 2.52. The number of methoxy groups -OCH3 is 1. The third-order valence-corrected chi connectivity index (χ3v) is 2.52. The predicted molar refractivity (Wildman–Crippen MR) is 66.9 cm³/mol. The number of pyridine rings is 1. The van der Waals surface area contributed by atoms with Gasteiger partial charge in [-0.3, -0.25) is 9.78 Å². The molecule has 1 heterocycles. The predicted octanol–water partition coefficient (Wildman–Crippen LogP) is 1.54. The van der Waals surface area contributed by atoms with Crippen molar-refractivity contribution >= 4 is 11.9 Å². The monoisotopic (exact) mass is 268 g/mol. The van der Waals surface area contributed by atoms with E-state index in [-0.39, 0.29) is 11.5 Å². The molecule has 0 aliphatic heterocycles. The third kappa shape index (κ3) is 4.31. The van der Waals surface area contributed by atoms with Crippen LogP contribution in [-0.4, -0.2) is 30.0 Å². The molecule has 1 aromatic heterocycles. The van der Waals surface area contributed by atoms with Gasteiger partial charge in [-0.25, -0.2) is 9.18 Å². The quantitative estimate of drug-likeness (QED) is 0.822. The molecule has 5 nitrogen and oxygen atoms in total. The van der Waals surface area contributed by atoms with E-state index in [1.54, 1.807) is 0 Å². The molecule has 1 aromatic rings. The number of carbonyl (C=O) groups excluding carboxylic acids is 2. The molecule has 1 unspecified atom stereocenters. The van der Waals surface area contributed by atoms with E-state index in [2.05, 4.69) is 15.0 Å². The average Bonchev–Trinajstić information content (AvgIpc) is 2.36. The van der Waals surface area contributed by atoms with Gasteiger partial charge in [-0.15, -0.1) is 0 Å². The Labute approximate surface area is 111 Å². The van der Waals surface area contributed by atoms with E-state index in [1.165, 1.54) is 19.4 Å². The summed E-state index contributed by atoms with van der Waals surface area (Å²) in [6.07, 6.45) is 2.68. The summed E-state index contributed by atoms with van der Waals surface area (Å²) in [6.45, 7) is 3.82. The minimum absolute atomic E-state index is 0.146. The van der Waals surface area contributed by atoms with Crippen LogP contribution in [0.3, 0.4) is 0 Å². The number of esters is 1. The Hall–Kier alpha value is -1.98. The zero-order valence-corrected chi connectivity index (χ0v) is 11.1. The highest BCUT2D eigenvalue weighted by atomic mass is 19.1. The number of nitrogens with zero attached hydrogens (tertiary/aromatic N) is 1. The molecule has 0 aromatic carbocycles. The second-order valence-corrected chi connectivity index (χ2v) is 4.53. The summed E-state index contributed by atoms with van der Waals surface area (Å²) in [6, 6.07) is 0.471. The molecule has 0 radical (unpaired) electrons. The number of hydrogen-bond donors (Lipinski definition) is 1. The first-order valence-corrected chi connectivity index (χ1v) is 5.94. The minimum atomic E-state index is -0.787. The normalized spacial score (nSPS) is 12.1. The number of carbonyl (C=O) groups is 2. The zero-order chi connectivity index (χ0) is 14.4. The lowest BCUT2D eigenvalue weighted by Gasteiger charge is -2.18. The standard InChI is InChI=1S/C13H17FN2O3/c1-8(2)6-11(13(18)19-3)16-12(17)9-4-5-15-7-10(9)14/h4-5,7-8,11H,6H2,1-3H3,(H,16,17). The van der Waals surface area contributed by atoms with Crippen LogP contribution in [0.5, 0.6) is 0 Å². The van der Waals surface area contributed by atoms with Crippen molar-refractivity contribution < 1.29 is 18.7 Å². The lowest BCUT2D eigenvalue weighted by molar-refractivity contribution is -0.143. The van der Waals surface area contributed by atoms with Crippen molar-refractivity contribution in [3.63, 3.8) is 0 Å². The molecule has 0 saturated carbocycles. The average molecular weight is 268 g/mol. The smallest absolute Gasteiger partial charge is 0.328 e. The molecule has 0 aliphatic rings. The maximum absolute atomic E-state index is 13.4. The van der Waals surface area contributed by atoms with Crippen LogP contribution >= 0.6 is 0 Å². The molecule has 1 rings (SSSR count). The molecule has 1 N–H and O–H groups in total. The fourth-order valence-corrected chi connectivity index (χ4v) is 1.62. The summed E-state index contributed by atoms with van der Waals surface area (Å²) >= 11 is 0. The first-order valence-electron chi connectivity index (χ1n) is 5.94. The van der Waals surface area contributed by atoms with Gasteiger partial charge in [-0.1, -0.05) is 13.8 Å². The Morgan fingerprint density at radius 2 is 2.16 bits per heavy atom. The molecule has 1 amide bonds. The number of amides is 1. The van der Waals surface area contributed by atoms with E-state index in [1.807, 2.05) is 13.8 Å². The molecule has 0 saturated heterocycles. The fraction of sp³-hybridized carbons (Fsp3) is 0.462. The summed E-state index contributed by atoms with van der Waals surface area (Å²) in [5.74, 6) is -1.74. The lowest BCUT2D eigenvalue weighted by Crippen LogP contribution is -2.42. The Balaban J connectivity index is 2.82. The van der Waals surface area contributed by atoms with E-state index in [0.717, 1.165) is 6.20 Å². The van der Waals surface area contributed by atoms with Crippen LogP contribution in [0.2, 0.25) is 0 Å². The molecular weight excluding hydrogens is 251 g/mol. The number of nitrogens with one attached hydrogen (secondary N) is 1. The fourth-order valence-electron chi connectivity index (χ4n) is 1.62. The van der Waals surface area contributed by atoms with Gasteiger partial charge in [0.15, 0.2) is 5.82 Å². The number of halogens is 1. The highest BCUT2D eigenvalue weighted by Gasteiger charge is 2.24. The second-order valence-electron chi connectivity index (χ2n) is 4.53. The largest absolute Gasteiger partial charge is 0.467 e.